The summed E-state index contributed by atoms with van der Waals surface area (Å²) in [5.41, 5.74) is 0.476. The number of anilines is 2. The minimum Gasteiger partial charge on any atom is -0.444 e. The molecule has 0 saturated carbocycles. The fraction of sp³-hybridized carbons (Fsp3) is 0.435. The second-order valence-corrected chi connectivity index (χ2v) is 7.93. The van der Waals surface area contributed by atoms with Crippen LogP contribution in [-0.2, 0) is 7.05 Å². The number of carbonyl (C=O) groups is 1. The van der Waals surface area contributed by atoms with Crippen molar-refractivity contribution < 1.29 is 9.53 Å². The molecule has 3 heterocycles. The zero-order valence-corrected chi connectivity index (χ0v) is 19.0. The Morgan fingerprint density at radius 2 is 2.03 bits per heavy atom. The van der Waals surface area contributed by atoms with Crippen molar-refractivity contribution in [2.24, 2.45) is 7.05 Å². The van der Waals surface area contributed by atoms with Gasteiger partial charge in [0, 0.05) is 44.0 Å². The first-order valence-corrected chi connectivity index (χ1v) is 10.6. The van der Waals surface area contributed by atoms with Gasteiger partial charge in [-0.2, -0.15) is 10.1 Å². The van der Waals surface area contributed by atoms with E-state index in [1.54, 1.807) is 23.0 Å². The van der Waals surface area contributed by atoms with Gasteiger partial charge in [0.25, 0.3) is 5.91 Å². The molecule has 2 aromatic rings. The Kier molecular flexibility index (Phi) is 7.46. The molecule has 2 aromatic heterocycles. The summed E-state index contributed by atoms with van der Waals surface area (Å²) in [6.07, 6.45) is 9.58. The van der Waals surface area contributed by atoms with E-state index in [2.05, 4.69) is 27.3 Å². The molecule has 1 aliphatic rings. The molecule has 1 aliphatic heterocycles. The van der Waals surface area contributed by atoms with Crippen LogP contribution in [0, 0.1) is 0 Å². The molecule has 166 valence electrons. The Bertz CT molecular complexity index is 957. The van der Waals surface area contributed by atoms with Gasteiger partial charge in [-0.15, -0.1) is 0 Å². The van der Waals surface area contributed by atoms with E-state index < -0.39 is 0 Å². The summed E-state index contributed by atoms with van der Waals surface area (Å²) in [4.78, 5) is 22.1. The number of carbonyl (C=O) groups excluding carboxylic acids is 1. The van der Waals surface area contributed by atoms with Crippen LogP contribution in [0.25, 0.3) is 0 Å². The first-order chi connectivity index (χ1) is 14.9. The third-order valence-corrected chi connectivity index (χ3v) is 5.39. The molecule has 1 N–H and O–H groups in total. The predicted molar refractivity (Wildman–Crippen MR) is 124 cm³/mol. The van der Waals surface area contributed by atoms with Crippen molar-refractivity contribution in [3.05, 3.63) is 53.9 Å². The molecule has 1 amide bonds. The highest BCUT2D eigenvalue weighted by Gasteiger charge is 2.23. The minimum atomic E-state index is -0.251. The number of piperidine rings is 1. The fourth-order valence-corrected chi connectivity index (χ4v) is 3.53. The number of nitrogens with zero attached hydrogens (tertiary/aromatic N) is 5. The largest absolute Gasteiger partial charge is 0.444 e. The molecular formula is C23H32N6O2. The molecule has 1 fully saturated rings. The SMILES string of the molecule is C/C=C\C=C(\C)Oc1cc(C(=O)Nc2ccn(C)n2)cc(N(C)C2CCN(C)CC2)n1. The molecule has 0 unspecified atom stereocenters. The highest BCUT2D eigenvalue weighted by atomic mass is 16.5. The van der Waals surface area contributed by atoms with Crippen LogP contribution in [0.5, 0.6) is 5.88 Å². The molecule has 3 rings (SSSR count). The van der Waals surface area contributed by atoms with E-state index in [9.17, 15) is 4.79 Å². The minimum absolute atomic E-state index is 0.251. The third-order valence-electron chi connectivity index (χ3n) is 5.39. The molecule has 0 bridgehead atoms. The van der Waals surface area contributed by atoms with Crippen molar-refractivity contribution in [2.45, 2.75) is 32.7 Å². The zero-order chi connectivity index (χ0) is 22.4. The second-order valence-electron chi connectivity index (χ2n) is 7.93. The molecule has 0 aromatic carbocycles. The van der Waals surface area contributed by atoms with E-state index in [1.165, 1.54) is 0 Å². The number of amides is 1. The van der Waals surface area contributed by atoms with Crippen molar-refractivity contribution in [3.63, 3.8) is 0 Å². The molecule has 8 nitrogen and oxygen atoms in total. The van der Waals surface area contributed by atoms with Crippen molar-refractivity contribution in [3.8, 4) is 5.88 Å². The molecule has 0 atom stereocenters. The zero-order valence-electron chi connectivity index (χ0n) is 19.0. The van der Waals surface area contributed by atoms with Crippen molar-refractivity contribution in [1.82, 2.24) is 19.7 Å². The molecule has 0 radical (unpaired) electrons. The lowest BCUT2D eigenvalue weighted by Crippen LogP contribution is -2.42. The second kappa shape index (κ2) is 10.3. The van der Waals surface area contributed by atoms with E-state index in [0.29, 0.717) is 29.1 Å². The maximum Gasteiger partial charge on any atom is 0.257 e. The topological polar surface area (TPSA) is 75.5 Å². The molecule has 1 saturated heterocycles. The molecule has 31 heavy (non-hydrogen) atoms. The molecule has 0 spiro atoms. The van der Waals surface area contributed by atoms with E-state index in [0.717, 1.165) is 31.7 Å². The summed E-state index contributed by atoms with van der Waals surface area (Å²) in [7, 11) is 5.98. The van der Waals surface area contributed by atoms with Crippen LogP contribution in [0.3, 0.4) is 0 Å². The van der Waals surface area contributed by atoms with Gasteiger partial charge in [0.1, 0.15) is 11.6 Å². The highest BCUT2D eigenvalue weighted by molar-refractivity contribution is 6.04. The van der Waals surface area contributed by atoms with E-state index in [-0.39, 0.29) is 5.91 Å². The standard InChI is InChI=1S/C23H32N6O2/c1-6-7-8-17(2)31-22-16-18(23(30)24-20-11-14-28(4)26-20)15-21(25-22)29(5)19-9-12-27(3)13-10-19/h6-8,11,14-16,19H,9-10,12-13H2,1-5H3,(H,24,26,30)/b7-6-,17-8-. The maximum absolute atomic E-state index is 12.9. The van der Waals surface area contributed by atoms with Crippen LogP contribution in [0.2, 0.25) is 0 Å². The van der Waals surface area contributed by atoms with Crippen LogP contribution in [0.15, 0.2) is 48.4 Å². The Balaban J connectivity index is 1.88. The van der Waals surface area contributed by atoms with Gasteiger partial charge in [-0.1, -0.05) is 12.2 Å². The molecular weight excluding hydrogens is 392 g/mol. The lowest BCUT2D eigenvalue weighted by Gasteiger charge is -2.35. The summed E-state index contributed by atoms with van der Waals surface area (Å²) in [5, 5.41) is 7.07. The fourth-order valence-electron chi connectivity index (χ4n) is 3.53. The summed E-state index contributed by atoms with van der Waals surface area (Å²) in [6.45, 7) is 5.90. The van der Waals surface area contributed by atoms with Gasteiger partial charge in [0.2, 0.25) is 5.88 Å². The van der Waals surface area contributed by atoms with Gasteiger partial charge < -0.3 is 19.9 Å². The number of pyridine rings is 1. The lowest BCUT2D eigenvalue weighted by molar-refractivity contribution is 0.102. The van der Waals surface area contributed by atoms with Crippen LogP contribution >= 0.6 is 0 Å². The van der Waals surface area contributed by atoms with Crippen molar-refractivity contribution in [2.75, 3.05) is 37.4 Å². The first kappa shape index (κ1) is 22.6. The number of aromatic nitrogens is 3. The van der Waals surface area contributed by atoms with Gasteiger partial charge in [-0.25, -0.2) is 0 Å². The van der Waals surface area contributed by atoms with Crippen LogP contribution in [-0.4, -0.2) is 58.8 Å². The summed E-state index contributed by atoms with van der Waals surface area (Å²) in [6, 6.07) is 5.60. The van der Waals surface area contributed by atoms with Crippen molar-refractivity contribution in [1.29, 1.82) is 0 Å². The Labute approximate surface area is 184 Å². The molecule has 0 aliphatic carbocycles. The van der Waals surface area contributed by atoms with Gasteiger partial charge in [-0.05, 0) is 59.0 Å². The Morgan fingerprint density at radius 1 is 1.29 bits per heavy atom. The Hall–Kier alpha value is -3.13. The maximum atomic E-state index is 12.9. The monoisotopic (exact) mass is 424 g/mol. The number of rotatable bonds is 7. The number of likely N-dealkylation sites (tertiary alicyclic amines) is 1. The lowest BCUT2D eigenvalue weighted by atomic mass is 10.0. The normalized spacial score (nSPS) is 16.0. The van der Waals surface area contributed by atoms with Crippen LogP contribution in [0.1, 0.15) is 37.0 Å². The third kappa shape index (κ3) is 6.18. The van der Waals surface area contributed by atoms with Crippen LogP contribution < -0.4 is 15.0 Å². The number of allylic oxidation sites excluding steroid dienone is 4. The summed E-state index contributed by atoms with van der Waals surface area (Å²) < 4.78 is 7.57. The van der Waals surface area contributed by atoms with Gasteiger partial charge in [0.15, 0.2) is 5.82 Å². The quantitative estimate of drug-likeness (QED) is 0.542. The smallest absolute Gasteiger partial charge is 0.257 e. The number of hydrogen-bond acceptors (Lipinski definition) is 6. The van der Waals surface area contributed by atoms with Crippen LogP contribution in [0.4, 0.5) is 11.6 Å². The van der Waals surface area contributed by atoms with E-state index in [1.807, 2.05) is 52.2 Å². The molecule has 8 heteroatoms. The number of aryl methyl sites for hydroxylation is 1. The first-order valence-electron chi connectivity index (χ1n) is 10.6. The number of ether oxygens (including phenoxy) is 1. The van der Waals surface area contributed by atoms with Gasteiger partial charge in [0.05, 0.1) is 0 Å². The Morgan fingerprint density at radius 3 is 2.68 bits per heavy atom. The average molecular weight is 425 g/mol. The summed E-state index contributed by atoms with van der Waals surface area (Å²) >= 11 is 0. The predicted octanol–water partition coefficient (Wildman–Crippen LogP) is 3.46. The average Bonchev–Trinajstić information content (AvgIpc) is 3.16. The number of nitrogens with one attached hydrogen (secondary N) is 1. The van der Waals surface area contributed by atoms with E-state index in [4.69, 9.17) is 9.72 Å². The van der Waals surface area contributed by atoms with E-state index >= 15 is 0 Å². The highest BCUT2D eigenvalue weighted by Crippen LogP contribution is 2.25. The van der Waals surface area contributed by atoms with Crippen molar-refractivity contribution >= 4 is 17.5 Å². The summed E-state index contributed by atoms with van der Waals surface area (Å²) in [5.74, 6) is 2.06. The van der Waals surface area contributed by atoms with Gasteiger partial charge in [-0.3, -0.25) is 9.48 Å². The van der Waals surface area contributed by atoms with Gasteiger partial charge >= 0.3 is 0 Å². The number of hydrogen-bond donors (Lipinski definition) is 1.